The molecule has 0 aliphatic heterocycles. The lowest BCUT2D eigenvalue weighted by Crippen LogP contribution is -1.84. The third-order valence-corrected chi connectivity index (χ3v) is 1.08. The van der Waals surface area contributed by atoms with Crippen LogP contribution in [0.15, 0.2) is 24.3 Å². The lowest BCUT2D eigenvalue weighted by atomic mass is 10.3. The average molecular weight is 133 g/mol. The second-order valence-electron chi connectivity index (χ2n) is 1.82. The molecule has 0 aliphatic carbocycles. The Labute approximate surface area is 59.5 Å². The van der Waals surface area contributed by atoms with E-state index in [9.17, 15) is 0 Å². The van der Waals surface area contributed by atoms with E-state index in [0.717, 1.165) is 5.69 Å². The van der Waals surface area contributed by atoms with Crippen LogP contribution in [-0.2, 0) is 0 Å². The van der Waals surface area contributed by atoms with E-state index in [1.165, 1.54) is 0 Å². The van der Waals surface area contributed by atoms with Gasteiger partial charge in [-0.1, -0.05) is 6.42 Å². The van der Waals surface area contributed by atoms with Crippen LogP contribution in [0.1, 0.15) is 0 Å². The average Bonchev–Trinajstić information content (AvgIpc) is 1.95. The molecular formula is C8H7NO. The van der Waals surface area contributed by atoms with Crippen LogP contribution >= 0.6 is 0 Å². The van der Waals surface area contributed by atoms with Gasteiger partial charge in [-0.3, -0.25) is 0 Å². The molecule has 0 saturated carbocycles. The lowest BCUT2D eigenvalue weighted by molar-refractivity contribution is 0.475. The molecule has 1 aromatic rings. The number of hydrogen-bond acceptors (Lipinski definition) is 2. The van der Waals surface area contributed by atoms with Gasteiger partial charge in [0.2, 0.25) is 0 Å². The fraction of sp³-hybridized carbons (Fsp3) is 0. The van der Waals surface area contributed by atoms with E-state index < -0.39 is 0 Å². The van der Waals surface area contributed by atoms with Gasteiger partial charge in [0.25, 0.3) is 0 Å². The highest BCUT2D eigenvalue weighted by atomic mass is 16.3. The molecule has 0 spiro atoms. The van der Waals surface area contributed by atoms with Gasteiger partial charge in [0.15, 0.2) is 0 Å². The van der Waals surface area contributed by atoms with Crippen molar-refractivity contribution < 1.29 is 5.11 Å². The standard InChI is InChI=1S/C8H7NO/c1-2-9-7-3-5-8(10)6-4-7/h1,3-6,9-10H. The van der Waals surface area contributed by atoms with Gasteiger partial charge < -0.3 is 10.4 Å². The summed E-state index contributed by atoms with van der Waals surface area (Å²) in [5, 5.41) is 11.5. The first-order valence-corrected chi connectivity index (χ1v) is 2.83. The van der Waals surface area contributed by atoms with Gasteiger partial charge in [-0.25, -0.2) is 0 Å². The fourth-order valence-electron chi connectivity index (χ4n) is 0.628. The molecule has 0 aliphatic rings. The van der Waals surface area contributed by atoms with E-state index in [1.807, 2.05) is 0 Å². The second kappa shape index (κ2) is 2.79. The Balaban J connectivity index is 2.81. The van der Waals surface area contributed by atoms with Crippen LogP contribution in [0.4, 0.5) is 5.69 Å². The van der Waals surface area contributed by atoms with Gasteiger partial charge in [0.1, 0.15) is 5.75 Å². The Bertz CT molecular complexity index is 245. The van der Waals surface area contributed by atoms with Crippen LogP contribution in [-0.4, -0.2) is 5.11 Å². The van der Waals surface area contributed by atoms with E-state index in [-0.39, 0.29) is 5.75 Å². The fourth-order valence-corrected chi connectivity index (χ4v) is 0.628. The van der Waals surface area contributed by atoms with Crippen molar-refractivity contribution in [3.05, 3.63) is 24.3 Å². The number of phenols is 1. The first kappa shape index (κ1) is 6.50. The van der Waals surface area contributed by atoms with Crippen molar-refractivity contribution in [2.45, 2.75) is 0 Å². The Morgan fingerprint density at radius 3 is 2.40 bits per heavy atom. The highest BCUT2D eigenvalue weighted by Crippen LogP contribution is 2.12. The van der Waals surface area contributed by atoms with Crippen molar-refractivity contribution >= 4 is 5.69 Å². The molecule has 0 heterocycles. The van der Waals surface area contributed by atoms with Crippen LogP contribution < -0.4 is 5.32 Å². The van der Waals surface area contributed by atoms with Crippen LogP contribution in [0, 0.1) is 12.5 Å². The number of benzene rings is 1. The van der Waals surface area contributed by atoms with Crippen LogP contribution in [0.5, 0.6) is 5.75 Å². The lowest BCUT2D eigenvalue weighted by Gasteiger charge is -1.96. The first-order chi connectivity index (χ1) is 4.83. The minimum absolute atomic E-state index is 0.238. The molecule has 0 atom stereocenters. The zero-order valence-electron chi connectivity index (χ0n) is 5.33. The predicted molar refractivity (Wildman–Crippen MR) is 40.6 cm³/mol. The molecule has 10 heavy (non-hydrogen) atoms. The molecule has 0 radical (unpaired) electrons. The summed E-state index contributed by atoms with van der Waals surface area (Å²) in [7, 11) is 0. The van der Waals surface area contributed by atoms with E-state index in [4.69, 9.17) is 11.5 Å². The van der Waals surface area contributed by atoms with Gasteiger partial charge in [0.05, 0.1) is 0 Å². The zero-order valence-corrected chi connectivity index (χ0v) is 5.33. The number of nitrogens with one attached hydrogen (secondary N) is 1. The van der Waals surface area contributed by atoms with E-state index in [2.05, 4.69) is 11.4 Å². The third-order valence-electron chi connectivity index (χ3n) is 1.08. The predicted octanol–water partition coefficient (Wildman–Crippen LogP) is 1.39. The summed E-state index contributed by atoms with van der Waals surface area (Å²) in [4.78, 5) is 0. The van der Waals surface area contributed by atoms with E-state index in [0.29, 0.717) is 0 Å². The van der Waals surface area contributed by atoms with Crippen molar-refractivity contribution in [1.29, 1.82) is 0 Å². The molecule has 0 saturated heterocycles. The Morgan fingerprint density at radius 1 is 1.30 bits per heavy atom. The summed E-state index contributed by atoms with van der Waals surface area (Å²) in [6, 6.07) is 8.82. The molecule has 2 N–H and O–H groups in total. The molecule has 0 fully saturated rings. The Morgan fingerprint density at radius 2 is 1.90 bits per heavy atom. The summed E-state index contributed by atoms with van der Waals surface area (Å²) in [6.45, 7) is 0. The van der Waals surface area contributed by atoms with Crippen LogP contribution in [0.3, 0.4) is 0 Å². The third kappa shape index (κ3) is 1.43. The summed E-state index contributed by atoms with van der Waals surface area (Å²) >= 11 is 0. The Hall–Kier alpha value is -1.62. The van der Waals surface area contributed by atoms with Gasteiger partial charge >= 0.3 is 0 Å². The van der Waals surface area contributed by atoms with Crippen LogP contribution in [0.2, 0.25) is 0 Å². The summed E-state index contributed by atoms with van der Waals surface area (Å²) < 4.78 is 0. The maximum Gasteiger partial charge on any atom is 0.115 e. The summed E-state index contributed by atoms with van der Waals surface area (Å²) in [5.74, 6) is 0.238. The van der Waals surface area contributed by atoms with Gasteiger partial charge in [-0.2, -0.15) is 0 Å². The minimum atomic E-state index is 0.238. The van der Waals surface area contributed by atoms with Crippen molar-refractivity contribution in [3.63, 3.8) is 0 Å². The van der Waals surface area contributed by atoms with Crippen molar-refractivity contribution in [2.24, 2.45) is 0 Å². The quantitative estimate of drug-likeness (QED) is 0.345. The molecule has 1 rings (SSSR count). The molecule has 2 nitrogen and oxygen atoms in total. The van der Waals surface area contributed by atoms with Gasteiger partial charge in [-0.05, 0) is 24.3 Å². The number of terminal acetylenes is 1. The molecule has 0 bridgehead atoms. The van der Waals surface area contributed by atoms with E-state index in [1.54, 1.807) is 24.3 Å². The first-order valence-electron chi connectivity index (χ1n) is 2.83. The smallest absolute Gasteiger partial charge is 0.115 e. The second-order valence-corrected chi connectivity index (χ2v) is 1.82. The van der Waals surface area contributed by atoms with Gasteiger partial charge in [0, 0.05) is 11.7 Å². The van der Waals surface area contributed by atoms with Crippen LogP contribution in [0.25, 0.3) is 0 Å². The number of aromatic hydroxyl groups is 1. The summed E-state index contributed by atoms with van der Waals surface area (Å²) in [5.41, 5.74) is 0.806. The largest absolute Gasteiger partial charge is 0.508 e. The van der Waals surface area contributed by atoms with Crippen molar-refractivity contribution in [1.82, 2.24) is 0 Å². The number of rotatable bonds is 1. The highest BCUT2D eigenvalue weighted by molar-refractivity contribution is 5.49. The number of anilines is 1. The number of hydrogen-bond donors (Lipinski definition) is 2. The SMILES string of the molecule is C#CNc1ccc(O)cc1. The normalized spacial score (nSPS) is 8.30. The number of phenolic OH excluding ortho intramolecular Hbond substituents is 1. The molecule has 2 heteroatoms. The molecule has 0 amide bonds. The summed E-state index contributed by atoms with van der Waals surface area (Å²) in [6.07, 6.45) is 4.97. The highest BCUT2D eigenvalue weighted by Gasteiger charge is 1.87. The van der Waals surface area contributed by atoms with Crippen molar-refractivity contribution in [3.8, 4) is 18.2 Å². The monoisotopic (exact) mass is 133 g/mol. The zero-order chi connectivity index (χ0) is 7.40. The van der Waals surface area contributed by atoms with Gasteiger partial charge in [-0.15, -0.1) is 0 Å². The van der Waals surface area contributed by atoms with Crippen molar-refractivity contribution in [2.75, 3.05) is 5.32 Å². The maximum atomic E-state index is 8.85. The topological polar surface area (TPSA) is 32.3 Å². The molecule has 50 valence electrons. The Kier molecular flexibility index (Phi) is 1.81. The molecule has 0 unspecified atom stereocenters. The van der Waals surface area contributed by atoms with E-state index >= 15 is 0 Å². The maximum absolute atomic E-state index is 8.85. The molecule has 0 aromatic heterocycles. The minimum Gasteiger partial charge on any atom is -0.508 e. The molecule has 1 aromatic carbocycles. The molecular weight excluding hydrogens is 126 g/mol.